The number of nitrogens with two attached hydrogens (primary N) is 1. The fourth-order valence-electron chi connectivity index (χ4n) is 0.497. The summed E-state index contributed by atoms with van der Waals surface area (Å²) in [4.78, 5) is 10.2. The summed E-state index contributed by atoms with van der Waals surface area (Å²) in [5.41, 5.74) is 4.76. The SMILES string of the molecule is CC(OCC(S)CS)OC(N)=O. The minimum atomic E-state index is -0.843. The van der Waals surface area contributed by atoms with Crippen LogP contribution in [0.25, 0.3) is 0 Å². The Morgan fingerprint density at radius 2 is 2.25 bits per heavy atom. The van der Waals surface area contributed by atoms with Crippen molar-refractivity contribution in [2.24, 2.45) is 5.73 Å². The summed E-state index contributed by atoms with van der Waals surface area (Å²) < 4.78 is 9.56. The molecule has 2 atom stereocenters. The first-order chi connectivity index (χ1) is 5.56. The van der Waals surface area contributed by atoms with Crippen molar-refractivity contribution in [3.05, 3.63) is 0 Å². The van der Waals surface area contributed by atoms with Crippen molar-refractivity contribution in [3.63, 3.8) is 0 Å². The molecule has 0 aliphatic carbocycles. The van der Waals surface area contributed by atoms with Gasteiger partial charge in [0.2, 0.25) is 6.29 Å². The zero-order valence-corrected chi connectivity index (χ0v) is 8.55. The summed E-state index contributed by atoms with van der Waals surface area (Å²) in [6.45, 7) is 1.96. The van der Waals surface area contributed by atoms with Gasteiger partial charge in [0.1, 0.15) is 0 Å². The highest BCUT2D eigenvalue weighted by Crippen LogP contribution is 2.01. The zero-order chi connectivity index (χ0) is 9.56. The highest BCUT2D eigenvalue weighted by Gasteiger charge is 2.07. The van der Waals surface area contributed by atoms with Crippen LogP contribution in [-0.2, 0) is 9.47 Å². The third-order valence-corrected chi connectivity index (χ3v) is 2.08. The van der Waals surface area contributed by atoms with E-state index in [1.165, 1.54) is 0 Å². The largest absolute Gasteiger partial charge is 0.420 e. The number of carbonyl (C=O) groups excluding carboxylic acids is 1. The summed E-state index contributed by atoms with van der Waals surface area (Å²) in [6.07, 6.45) is -1.47. The average molecular weight is 211 g/mol. The summed E-state index contributed by atoms with van der Waals surface area (Å²) in [5.74, 6) is 0.604. The molecule has 0 rings (SSSR count). The maximum Gasteiger partial charge on any atom is 0.406 e. The molecule has 72 valence electrons. The molecule has 2 unspecified atom stereocenters. The number of primary amides is 1. The summed E-state index contributed by atoms with van der Waals surface area (Å²) in [6, 6.07) is 0. The number of amides is 1. The fraction of sp³-hybridized carbons (Fsp3) is 0.833. The van der Waals surface area contributed by atoms with Crippen LogP contribution >= 0.6 is 25.3 Å². The summed E-state index contributed by atoms with van der Waals surface area (Å²) in [5, 5.41) is 0.0345. The van der Waals surface area contributed by atoms with E-state index in [0.29, 0.717) is 12.4 Å². The highest BCUT2D eigenvalue weighted by atomic mass is 32.1. The van der Waals surface area contributed by atoms with Gasteiger partial charge >= 0.3 is 6.09 Å². The Balaban J connectivity index is 3.43. The number of thiol groups is 2. The molecule has 0 aromatic heterocycles. The molecule has 0 heterocycles. The number of hydrogen-bond acceptors (Lipinski definition) is 5. The van der Waals surface area contributed by atoms with Crippen molar-refractivity contribution in [1.29, 1.82) is 0 Å². The van der Waals surface area contributed by atoms with Crippen LogP contribution < -0.4 is 5.73 Å². The maximum absolute atomic E-state index is 10.2. The molecule has 0 aromatic carbocycles. The van der Waals surface area contributed by atoms with E-state index in [2.05, 4.69) is 30.0 Å². The van der Waals surface area contributed by atoms with Crippen LogP contribution in [0.2, 0.25) is 0 Å². The molecule has 0 spiro atoms. The standard InChI is InChI=1S/C6H13NO3S2/c1-4(10-6(7)8)9-2-5(12)3-11/h4-5,11-12H,2-3H2,1H3,(H2,7,8). The fourth-order valence-corrected chi connectivity index (χ4v) is 0.688. The second-order valence-corrected chi connectivity index (χ2v) is 3.27. The molecule has 0 saturated heterocycles. The Morgan fingerprint density at radius 3 is 2.67 bits per heavy atom. The van der Waals surface area contributed by atoms with Crippen LogP contribution in [0.5, 0.6) is 0 Å². The highest BCUT2D eigenvalue weighted by molar-refractivity contribution is 7.84. The quantitative estimate of drug-likeness (QED) is 0.463. The van der Waals surface area contributed by atoms with Crippen molar-refractivity contribution in [1.82, 2.24) is 0 Å². The molecule has 0 aliphatic heterocycles. The molecule has 0 aliphatic rings. The van der Waals surface area contributed by atoms with Crippen LogP contribution in [0.15, 0.2) is 0 Å². The first-order valence-corrected chi connectivity index (χ1v) is 4.57. The lowest BCUT2D eigenvalue weighted by Crippen LogP contribution is -2.25. The second kappa shape index (κ2) is 6.45. The average Bonchev–Trinajstić information content (AvgIpc) is 1.99. The first-order valence-electron chi connectivity index (χ1n) is 3.43. The predicted octanol–water partition coefficient (Wildman–Crippen LogP) is 0.673. The van der Waals surface area contributed by atoms with E-state index in [9.17, 15) is 4.79 Å². The number of ether oxygens (including phenoxy) is 2. The van der Waals surface area contributed by atoms with Gasteiger partial charge in [0.15, 0.2) is 0 Å². The van der Waals surface area contributed by atoms with E-state index in [1.807, 2.05) is 0 Å². The molecule has 1 amide bonds. The monoisotopic (exact) mass is 211 g/mol. The van der Waals surface area contributed by atoms with Gasteiger partial charge in [-0.05, 0) is 6.92 Å². The molecule has 0 saturated carbocycles. The third-order valence-electron chi connectivity index (χ3n) is 1.02. The summed E-state index contributed by atoms with van der Waals surface area (Å²) in [7, 11) is 0. The smallest absolute Gasteiger partial charge is 0.406 e. The van der Waals surface area contributed by atoms with Gasteiger partial charge in [-0.2, -0.15) is 25.3 Å². The zero-order valence-electron chi connectivity index (χ0n) is 6.77. The van der Waals surface area contributed by atoms with Gasteiger partial charge in [0.05, 0.1) is 6.61 Å². The van der Waals surface area contributed by atoms with E-state index >= 15 is 0 Å². The van der Waals surface area contributed by atoms with Crippen LogP contribution in [0, 0.1) is 0 Å². The van der Waals surface area contributed by atoms with E-state index in [1.54, 1.807) is 6.92 Å². The molecule has 2 N–H and O–H groups in total. The Kier molecular flexibility index (Phi) is 6.41. The summed E-state index contributed by atoms with van der Waals surface area (Å²) >= 11 is 8.12. The van der Waals surface area contributed by atoms with Crippen LogP contribution in [0.1, 0.15) is 6.92 Å². The molecule has 12 heavy (non-hydrogen) atoms. The topological polar surface area (TPSA) is 61.6 Å². The minimum absolute atomic E-state index is 0.0345. The molecule has 0 radical (unpaired) electrons. The third kappa shape index (κ3) is 6.63. The molecule has 0 fully saturated rings. The number of rotatable bonds is 5. The lowest BCUT2D eigenvalue weighted by molar-refractivity contribution is -0.0869. The molecule has 0 bridgehead atoms. The molecule has 0 aromatic rings. The van der Waals surface area contributed by atoms with Crippen molar-refractivity contribution in [3.8, 4) is 0 Å². The number of carbonyl (C=O) groups is 1. The number of hydrogen-bond donors (Lipinski definition) is 3. The normalized spacial score (nSPS) is 15.2. The van der Waals surface area contributed by atoms with Crippen LogP contribution in [0.3, 0.4) is 0 Å². The van der Waals surface area contributed by atoms with Crippen molar-refractivity contribution in [2.45, 2.75) is 18.5 Å². The van der Waals surface area contributed by atoms with Gasteiger partial charge in [-0.1, -0.05) is 0 Å². The molecular formula is C6H13NO3S2. The van der Waals surface area contributed by atoms with Crippen LogP contribution in [-0.4, -0.2) is 30.0 Å². The van der Waals surface area contributed by atoms with Crippen molar-refractivity contribution in [2.75, 3.05) is 12.4 Å². The lowest BCUT2D eigenvalue weighted by Gasteiger charge is -2.14. The van der Waals surface area contributed by atoms with Crippen LogP contribution in [0.4, 0.5) is 4.79 Å². The van der Waals surface area contributed by atoms with Gasteiger partial charge in [-0.3, -0.25) is 0 Å². The first kappa shape index (κ1) is 11.9. The van der Waals surface area contributed by atoms with E-state index in [0.717, 1.165) is 0 Å². The Hall–Kier alpha value is -0.0700. The second-order valence-electron chi connectivity index (χ2n) is 2.17. The Labute approximate surface area is 82.6 Å². The molecule has 4 nitrogen and oxygen atoms in total. The van der Waals surface area contributed by atoms with E-state index in [-0.39, 0.29) is 5.25 Å². The predicted molar refractivity (Wildman–Crippen MR) is 52.7 cm³/mol. The maximum atomic E-state index is 10.2. The van der Waals surface area contributed by atoms with Crippen molar-refractivity contribution >= 4 is 31.4 Å². The lowest BCUT2D eigenvalue weighted by atomic mass is 10.5. The molecular weight excluding hydrogens is 198 g/mol. The van der Waals surface area contributed by atoms with Crippen molar-refractivity contribution < 1.29 is 14.3 Å². The van der Waals surface area contributed by atoms with Gasteiger partial charge in [0.25, 0.3) is 0 Å². The minimum Gasteiger partial charge on any atom is -0.420 e. The van der Waals surface area contributed by atoms with Gasteiger partial charge in [-0.15, -0.1) is 0 Å². The Morgan fingerprint density at radius 1 is 1.67 bits per heavy atom. The van der Waals surface area contributed by atoms with E-state index in [4.69, 9.17) is 10.5 Å². The van der Waals surface area contributed by atoms with Gasteiger partial charge in [-0.25, -0.2) is 4.79 Å². The molecule has 6 heteroatoms. The van der Waals surface area contributed by atoms with Gasteiger partial charge < -0.3 is 15.2 Å². The van der Waals surface area contributed by atoms with Gasteiger partial charge in [0, 0.05) is 11.0 Å². The Bertz CT molecular complexity index is 145. The van der Waals surface area contributed by atoms with E-state index < -0.39 is 12.4 Å².